The molecule has 0 bridgehead atoms. The van der Waals surface area contributed by atoms with Gasteiger partial charge in [-0.2, -0.15) is 24.5 Å². The van der Waals surface area contributed by atoms with E-state index >= 15 is 0 Å². The first-order valence-electron chi connectivity index (χ1n) is 8.79. The Bertz CT molecular complexity index is 1010. The standard InChI is InChI=1S/C20H18F4N2O3S/c1-11-16(12-6-7-30-9-12)17(27)26(10-29-11)19(2,3)18(28)25-15-8-13(20(22,23)24)4-5-14(15)21/h4-9H,10H2,1-3H3,(H,25,28). The number of benzene rings is 1. The lowest BCUT2D eigenvalue weighted by molar-refractivity contribution is -0.147. The molecule has 0 spiro atoms. The lowest BCUT2D eigenvalue weighted by Crippen LogP contribution is -2.57. The molecule has 5 nitrogen and oxygen atoms in total. The van der Waals surface area contributed by atoms with E-state index < -0.39 is 40.6 Å². The summed E-state index contributed by atoms with van der Waals surface area (Å²) in [4.78, 5) is 27.1. The van der Waals surface area contributed by atoms with Gasteiger partial charge in [0.25, 0.3) is 5.91 Å². The van der Waals surface area contributed by atoms with Gasteiger partial charge in [0.05, 0.1) is 16.8 Å². The number of carbonyl (C=O) groups excluding carboxylic acids is 2. The third kappa shape index (κ3) is 4.04. The lowest BCUT2D eigenvalue weighted by Gasteiger charge is -2.40. The van der Waals surface area contributed by atoms with Gasteiger partial charge in [-0.05, 0) is 55.8 Å². The number of hydrogen-bond acceptors (Lipinski definition) is 4. The third-order valence-corrected chi connectivity index (χ3v) is 5.49. The van der Waals surface area contributed by atoms with Gasteiger partial charge >= 0.3 is 6.18 Å². The molecule has 10 heteroatoms. The van der Waals surface area contributed by atoms with Crippen LogP contribution in [0.3, 0.4) is 0 Å². The van der Waals surface area contributed by atoms with Gasteiger partial charge in [-0.15, -0.1) is 0 Å². The fraction of sp³-hybridized carbons (Fsp3) is 0.300. The maximum atomic E-state index is 14.0. The van der Waals surface area contributed by atoms with E-state index in [0.29, 0.717) is 29.5 Å². The largest absolute Gasteiger partial charge is 0.477 e. The number of nitrogens with zero attached hydrogens (tertiary/aromatic N) is 1. The predicted octanol–water partition coefficient (Wildman–Crippen LogP) is 4.87. The number of halogens is 4. The molecule has 3 rings (SSSR count). The molecule has 0 atom stereocenters. The third-order valence-electron chi connectivity index (χ3n) is 4.80. The second-order valence-electron chi connectivity index (χ2n) is 7.16. The average molecular weight is 442 g/mol. The first kappa shape index (κ1) is 21.8. The van der Waals surface area contributed by atoms with E-state index in [0.717, 1.165) is 4.90 Å². The number of allylic oxidation sites excluding steroid dienone is 1. The molecule has 0 saturated carbocycles. The molecule has 1 aromatic heterocycles. The minimum absolute atomic E-state index is 0.232. The van der Waals surface area contributed by atoms with Gasteiger partial charge in [-0.3, -0.25) is 14.5 Å². The van der Waals surface area contributed by atoms with Crippen molar-refractivity contribution in [2.45, 2.75) is 32.5 Å². The summed E-state index contributed by atoms with van der Waals surface area (Å²) in [5.74, 6) is -1.96. The minimum atomic E-state index is -4.70. The van der Waals surface area contributed by atoms with Crippen molar-refractivity contribution >= 4 is 34.4 Å². The molecule has 1 aliphatic heterocycles. The van der Waals surface area contributed by atoms with E-state index in [1.807, 2.05) is 0 Å². The summed E-state index contributed by atoms with van der Waals surface area (Å²) in [6.45, 7) is 4.21. The van der Waals surface area contributed by atoms with Crippen molar-refractivity contribution in [3.63, 3.8) is 0 Å². The number of nitrogens with one attached hydrogen (secondary N) is 1. The van der Waals surface area contributed by atoms with Crippen molar-refractivity contribution in [1.29, 1.82) is 0 Å². The topological polar surface area (TPSA) is 58.6 Å². The monoisotopic (exact) mass is 442 g/mol. The van der Waals surface area contributed by atoms with Crippen molar-refractivity contribution in [1.82, 2.24) is 4.90 Å². The summed E-state index contributed by atoms with van der Waals surface area (Å²) < 4.78 is 58.3. The van der Waals surface area contributed by atoms with Crippen LogP contribution in [0.2, 0.25) is 0 Å². The van der Waals surface area contributed by atoms with Crippen LogP contribution in [0.25, 0.3) is 5.57 Å². The highest BCUT2D eigenvalue weighted by molar-refractivity contribution is 7.08. The zero-order valence-electron chi connectivity index (χ0n) is 16.3. The highest BCUT2D eigenvalue weighted by atomic mass is 32.1. The van der Waals surface area contributed by atoms with Crippen molar-refractivity contribution in [3.05, 3.63) is 57.7 Å². The normalized spacial score (nSPS) is 15.3. The van der Waals surface area contributed by atoms with Crippen LogP contribution in [0.1, 0.15) is 31.9 Å². The van der Waals surface area contributed by atoms with Crippen LogP contribution in [0.4, 0.5) is 23.2 Å². The molecule has 2 heterocycles. The molecule has 1 N–H and O–H groups in total. The molecule has 0 aliphatic carbocycles. The first-order chi connectivity index (χ1) is 13.9. The lowest BCUT2D eigenvalue weighted by atomic mass is 9.97. The zero-order valence-corrected chi connectivity index (χ0v) is 17.1. The van der Waals surface area contributed by atoms with Crippen LogP contribution in [-0.2, 0) is 20.5 Å². The van der Waals surface area contributed by atoms with Crippen LogP contribution in [0.15, 0.2) is 40.8 Å². The Kier molecular flexibility index (Phi) is 5.64. The molecule has 0 fully saturated rings. The fourth-order valence-electron chi connectivity index (χ4n) is 2.92. The van der Waals surface area contributed by atoms with Crippen molar-refractivity contribution in [2.75, 3.05) is 12.0 Å². The van der Waals surface area contributed by atoms with Gasteiger partial charge in [0.2, 0.25) is 5.91 Å². The van der Waals surface area contributed by atoms with E-state index in [9.17, 15) is 27.2 Å². The van der Waals surface area contributed by atoms with Crippen LogP contribution in [0.5, 0.6) is 0 Å². The molecule has 160 valence electrons. The molecule has 1 aromatic carbocycles. The quantitative estimate of drug-likeness (QED) is 0.688. The number of rotatable bonds is 4. The number of hydrogen-bond donors (Lipinski definition) is 1. The van der Waals surface area contributed by atoms with Gasteiger partial charge < -0.3 is 10.1 Å². The number of thiophene rings is 1. The summed E-state index contributed by atoms with van der Waals surface area (Å²) in [7, 11) is 0. The summed E-state index contributed by atoms with van der Waals surface area (Å²) in [6.07, 6.45) is -4.70. The van der Waals surface area contributed by atoms with E-state index in [4.69, 9.17) is 4.74 Å². The van der Waals surface area contributed by atoms with Crippen molar-refractivity contribution in [2.24, 2.45) is 0 Å². The molecule has 0 saturated heterocycles. The van der Waals surface area contributed by atoms with Crippen LogP contribution in [0, 0.1) is 5.82 Å². The van der Waals surface area contributed by atoms with E-state index in [-0.39, 0.29) is 12.3 Å². The highest BCUT2D eigenvalue weighted by Crippen LogP contribution is 2.34. The van der Waals surface area contributed by atoms with E-state index in [1.165, 1.54) is 25.2 Å². The van der Waals surface area contributed by atoms with Crippen LogP contribution in [-0.4, -0.2) is 29.0 Å². The summed E-state index contributed by atoms with van der Waals surface area (Å²) in [5.41, 5.74) is -2.36. The zero-order chi connectivity index (χ0) is 22.3. The Balaban J connectivity index is 1.87. The van der Waals surface area contributed by atoms with Crippen molar-refractivity contribution in [3.8, 4) is 0 Å². The Morgan fingerprint density at radius 3 is 2.53 bits per heavy atom. The molecule has 2 amide bonds. The Hall–Kier alpha value is -2.88. The molecule has 0 radical (unpaired) electrons. The van der Waals surface area contributed by atoms with E-state index in [1.54, 1.807) is 23.8 Å². The Morgan fingerprint density at radius 2 is 1.93 bits per heavy atom. The van der Waals surface area contributed by atoms with Crippen LogP contribution < -0.4 is 5.32 Å². The summed E-state index contributed by atoms with van der Waals surface area (Å²) in [5, 5.41) is 5.71. The number of anilines is 1. The van der Waals surface area contributed by atoms with Crippen molar-refractivity contribution < 1.29 is 31.9 Å². The molecular weight excluding hydrogens is 424 g/mol. The second-order valence-corrected chi connectivity index (χ2v) is 7.94. The second kappa shape index (κ2) is 7.75. The number of ether oxygens (including phenoxy) is 1. The van der Waals surface area contributed by atoms with Gasteiger partial charge in [-0.25, -0.2) is 4.39 Å². The number of amides is 2. The molecule has 1 aliphatic rings. The highest BCUT2D eigenvalue weighted by Gasteiger charge is 2.42. The summed E-state index contributed by atoms with van der Waals surface area (Å²) in [6, 6.07) is 3.46. The Morgan fingerprint density at radius 1 is 1.23 bits per heavy atom. The summed E-state index contributed by atoms with van der Waals surface area (Å²) >= 11 is 1.39. The smallest absolute Gasteiger partial charge is 0.416 e. The fourth-order valence-corrected chi connectivity index (χ4v) is 3.57. The predicted molar refractivity (Wildman–Crippen MR) is 104 cm³/mol. The maximum absolute atomic E-state index is 14.0. The Labute approximate surface area is 173 Å². The van der Waals surface area contributed by atoms with Gasteiger partial charge in [0.1, 0.15) is 17.1 Å². The number of carbonyl (C=O) groups is 2. The average Bonchev–Trinajstić information content (AvgIpc) is 3.16. The van der Waals surface area contributed by atoms with E-state index in [2.05, 4.69) is 5.32 Å². The van der Waals surface area contributed by atoms with Gasteiger partial charge in [0.15, 0.2) is 6.73 Å². The van der Waals surface area contributed by atoms with Gasteiger partial charge in [-0.1, -0.05) is 0 Å². The minimum Gasteiger partial charge on any atom is -0.477 e. The SMILES string of the molecule is CC1=C(c2ccsc2)C(=O)N(C(C)(C)C(=O)Nc2cc(C(F)(F)F)ccc2F)CO1. The maximum Gasteiger partial charge on any atom is 0.416 e. The molecule has 0 unspecified atom stereocenters. The number of alkyl halides is 3. The van der Waals surface area contributed by atoms with Gasteiger partial charge in [0, 0.05) is 5.56 Å². The van der Waals surface area contributed by atoms with Crippen LogP contribution >= 0.6 is 11.3 Å². The first-order valence-corrected chi connectivity index (χ1v) is 9.73. The molecule has 2 aromatic rings. The molecular formula is C20H18F4N2O3S. The molecule has 30 heavy (non-hydrogen) atoms.